The Balaban J connectivity index is 1.39. The Hall–Kier alpha value is -3.71. The van der Waals surface area contributed by atoms with Gasteiger partial charge < -0.3 is 15.2 Å². The lowest BCUT2D eigenvalue weighted by molar-refractivity contribution is 0.264. The molecule has 1 aliphatic carbocycles. The zero-order chi connectivity index (χ0) is 22.0. The lowest BCUT2D eigenvalue weighted by Gasteiger charge is -2.34. The standard InChI is InChI=1S/C26H20N4O2S/c27-25-30-26(14-31-25)19-10-16(18-2-1-9-28-12-18)5-7-22(19)32-23-8-6-17(11-20(23)26)21-13-33-24(29-21)15-3-4-15/h1-2,5-13,15H,3-4,14H2,(H2,27,30)/t26-/m0/s1. The Kier molecular flexibility index (Phi) is 3.93. The summed E-state index contributed by atoms with van der Waals surface area (Å²) in [6.07, 6.45) is 6.12. The van der Waals surface area contributed by atoms with E-state index in [9.17, 15) is 0 Å². The van der Waals surface area contributed by atoms with Crippen LogP contribution in [0.4, 0.5) is 0 Å². The SMILES string of the molecule is NC1=N[C@@]2(CO1)c1cc(-c3cccnc3)ccc1Oc1ccc(-c3csc(C4CC4)n3)cc12. The number of nitrogens with two attached hydrogens (primary N) is 1. The quantitative estimate of drug-likeness (QED) is 0.447. The van der Waals surface area contributed by atoms with Gasteiger partial charge in [0, 0.05) is 45.9 Å². The van der Waals surface area contributed by atoms with Gasteiger partial charge in [0.1, 0.15) is 18.1 Å². The van der Waals surface area contributed by atoms with Crippen molar-refractivity contribution in [1.82, 2.24) is 9.97 Å². The number of benzene rings is 2. The molecule has 2 aromatic heterocycles. The van der Waals surface area contributed by atoms with Crippen LogP contribution >= 0.6 is 11.3 Å². The number of ether oxygens (including phenoxy) is 2. The highest BCUT2D eigenvalue weighted by molar-refractivity contribution is 7.10. The zero-order valence-electron chi connectivity index (χ0n) is 17.7. The average Bonchev–Trinajstić information content (AvgIpc) is 3.46. The highest BCUT2D eigenvalue weighted by atomic mass is 32.1. The lowest BCUT2D eigenvalue weighted by atomic mass is 9.79. The van der Waals surface area contributed by atoms with E-state index in [0.29, 0.717) is 12.5 Å². The van der Waals surface area contributed by atoms with Crippen molar-refractivity contribution >= 4 is 17.4 Å². The minimum atomic E-state index is -0.767. The molecule has 7 rings (SSSR count). The molecule has 7 heteroatoms. The Morgan fingerprint density at radius 2 is 1.76 bits per heavy atom. The summed E-state index contributed by atoms with van der Waals surface area (Å²) >= 11 is 1.74. The van der Waals surface area contributed by atoms with Gasteiger partial charge in [-0.05, 0) is 54.8 Å². The molecule has 2 N–H and O–H groups in total. The lowest BCUT2D eigenvalue weighted by Crippen LogP contribution is -2.31. The smallest absolute Gasteiger partial charge is 0.283 e. The minimum absolute atomic E-state index is 0.190. The molecule has 33 heavy (non-hydrogen) atoms. The monoisotopic (exact) mass is 452 g/mol. The summed E-state index contributed by atoms with van der Waals surface area (Å²) in [6, 6.07) is 16.5. The maximum Gasteiger partial charge on any atom is 0.283 e. The molecule has 6 nitrogen and oxygen atoms in total. The van der Waals surface area contributed by atoms with Crippen LogP contribution in [0.2, 0.25) is 0 Å². The summed E-state index contributed by atoms with van der Waals surface area (Å²) in [4.78, 5) is 14.0. The Bertz CT molecular complexity index is 1430. The first-order valence-corrected chi connectivity index (χ1v) is 11.9. The molecule has 1 saturated carbocycles. The molecule has 3 aliphatic rings. The third-order valence-corrected chi connectivity index (χ3v) is 7.55. The molecule has 0 bridgehead atoms. The summed E-state index contributed by atoms with van der Waals surface area (Å²) in [5, 5.41) is 3.37. The number of thiazole rings is 1. The number of hydrogen-bond acceptors (Lipinski definition) is 7. The molecule has 1 atom stereocenters. The molecule has 0 saturated heterocycles. The highest BCUT2D eigenvalue weighted by Crippen LogP contribution is 2.52. The fraction of sp³-hybridized carbons (Fsp3) is 0.192. The summed E-state index contributed by atoms with van der Waals surface area (Å²) in [5.41, 5.74) is 11.3. The van der Waals surface area contributed by atoms with Crippen LogP contribution in [0.5, 0.6) is 11.5 Å². The van der Waals surface area contributed by atoms with Gasteiger partial charge in [0.25, 0.3) is 6.02 Å². The van der Waals surface area contributed by atoms with E-state index in [4.69, 9.17) is 25.2 Å². The molecule has 4 heterocycles. The van der Waals surface area contributed by atoms with E-state index in [-0.39, 0.29) is 6.02 Å². The number of fused-ring (bicyclic) bond motifs is 4. The molecule has 0 amide bonds. The summed E-state index contributed by atoms with van der Waals surface area (Å²) in [5.74, 6) is 2.16. The van der Waals surface area contributed by atoms with Gasteiger partial charge in [0.2, 0.25) is 0 Å². The summed E-state index contributed by atoms with van der Waals surface area (Å²) in [7, 11) is 0. The largest absolute Gasteiger partial charge is 0.462 e. The van der Waals surface area contributed by atoms with Crippen molar-refractivity contribution in [2.45, 2.75) is 24.3 Å². The van der Waals surface area contributed by atoms with Gasteiger partial charge >= 0.3 is 0 Å². The predicted octanol–water partition coefficient (Wildman–Crippen LogP) is 5.44. The maximum atomic E-state index is 6.34. The second-order valence-electron chi connectivity index (χ2n) is 8.71. The molecule has 162 valence electrons. The Morgan fingerprint density at radius 3 is 2.45 bits per heavy atom. The van der Waals surface area contributed by atoms with E-state index in [0.717, 1.165) is 45.0 Å². The number of aromatic nitrogens is 2. The van der Waals surface area contributed by atoms with Crippen molar-refractivity contribution in [2.75, 3.05) is 6.61 Å². The maximum absolute atomic E-state index is 6.34. The zero-order valence-corrected chi connectivity index (χ0v) is 18.5. The van der Waals surface area contributed by atoms with Gasteiger partial charge in [0.15, 0.2) is 5.54 Å². The van der Waals surface area contributed by atoms with Crippen LogP contribution in [-0.2, 0) is 10.3 Å². The highest BCUT2D eigenvalue weighted by Gasteiger charge is 2.47. The first-order chi connectivity index (χ1) is 16.2. The van der Waals surface area contributed by atoms with Crippen LogP contribution in [0.1, 0.15) is 34.9 Å². The van der Waals surface area contributed by atoms with Crippen LogP contribution < -0.4 is 10.5 Å². The van der Waals surface area contributed by atoms with Crippen molar-refractivity contribution in [3.63, 3.8) is 0 Å². The molecule has 2 aromatic carbocycles. The molecule has 0 unspecified atom stereocenters. The van der Waals surface area contributed by atoms with Crippen molar-refractivity contribution in [1.29, 1.82) is 0 Å². The van der Waals surface area contributed by atoms with E-state index in [1.54, 1.807) is 17.5 Å². The number of rotatable bonds is 3. The molecular formula is C26H20N4O2S. The Morgan fingerprint density at radius 1 is 0.970 bits per heavy atom. The van der Waals surface area contributed by atoms with Gasteiger partial charge in [-0.3, -0.25) is 4.98 Å². The van der Waals surface area contributed by atoms with E-state index in [2.05, 4.69) is 28.6 Å². The number of amidine groups is 1. The third-order valence-electron chi connectivity index (χ3n) is 6.54. The van der Waals surface area contributed by atoms with E-state index < -0.39 is 5.54 Å². The van der Waals surface area contributed by atoms with Gasteiger partial charge in [-0.1, -0.05) is 12.1 Å². The minimum Gasteiger partial charge on any atom is -0.462 e. The number of hydrogen-bond donors (Lipinski definition) is 1. The van der Waals surface area contributed by atoms with Crippen LogP contribution in [-0.4, -0.2) is 22.6 Å². The second-order valence-corrected chi connectivity index (χ2v) is 9.60. The van der Waals surface area contributed by atoms with Crippen molar-refractivity contribution < 1.29 is 9.47 Å². The van der Waals surface area contributed by atoms with Crippen molar-refractivity contribution in [3.05, 3.63) is 82.4 Å². The first kappa shape index (κ1) is 18.8. The number of pyridine rings is 1. The second kappa shape index (κ2) is 6.89. The molecule has 1 spiro atoms. The summed E-state index contributed by atoms with van der Waals surface area (Å²) in [6.45, 7) is 0.326. The van der Waals surface area contributed by atoms with Gasteiger partial charge in [0.05, 0.1) is 10.7 Å². The van der Waals surface area contributed by atoms with Crippen LogP contribution in [0.25, 0.3) is 22.4 Å². The van der Waals surface area contributed by atoms with Crippen LogP contribution in [0.15, 0.2) is 71.3 Å². The van der Waals surface area contributed by atoms with Crippen molar-refractivity contribution in [3.8, 4) is 33.9 Å². The third kappa shape index (κ3) is 2.96. The Labute approximate surface area is 194 Å². The van der Waals surface area contributed by atoms with Crippen molar-refractivity contribution in [2.24, 2.45) is 10.7 Å². The molecule has 2 aliphatic heterocycles. The van der Waals surface area contributed by atoms with E-state index in [1.165, 1.54) is 17.8 Å². The molecule has 4 aromatic rings. The molecule has 0 radical (unpaired) electrons. The normalized spacial score (nSPS) is 20.5. The fourth-order valence-corrected chi connectivity index (χ4v) is 5.67. The van der Waals surface area contributed by atoms with Gasteiger partial charge in [-0.15, -0.1) is 11.3 Å². The van der Waals surface area contributed by atoms with E-state index >= 15 is 0 Å². The van der Waals surface area contributed by atoms with Gasteiger partial charge in [-0.2, -0.15) is 0 Å². The number of aliphatic imine (C=N–C) groups is 1. The molecular weight excluding hydrogens is 432 g/mol. The average molecular weight is 453 g/mol. The van der Waals surface area contributed by atoms with Gasteiger partial charge in [-0.25, -0.2) is 9.98 Å². The topological polar surface area (TPSA) is 82.6 Å². The predicted molar refractivity (Wildman–Crippen MR) is 128 cm³/mol. The molecule has 1 fully saturated rings. The number of nitrogens with zero attached hydrogens (tertiary/aromatic N) is 3. The summed E-state index contributed by atoms with van der Waals surface area (Å²) < 4.78 is 12.1. The fourth-order valence-electron chi connectivity index (χ4n) is 4.67. The van der Waals surface area contributed by atoms with Crippen LogP contribution in [0, 0.1) is 0 Å². The van der Waals surface area contributed by atoms with E-state index in [1.807, 2.05) is 36.5 Å². The van der Waals surface area contributed by atoms with Crippen LogP contribution in [0.3, 0.4) is 0 Å². The first-order valence-electron chi connectivity index (χ1n) is 11.0.